The van der Waals surface area contributed by atoms with Crippen molar-refractivity contribution in [2.75, 3.05) is 24.6 Å². The first-order valence-electron chi connectivity index (χ1n) is 9.96. The van der Waals surface area contributed by atoms with Crippen LogP contribution in [-0.4, -0.2) is 40.0 Å². The van der Waals surface area contributed by atoms with Gasteiger partial charge in [0.2, 0.25) is 5.43 Å². The third kappa shape index (κ3) is 4.72. The first kappa shape index (κ1) is 21.0. The van der Waals surface area contributed by atoms with Gasteiger partial charge in [-0.15, -0.1) is 0 Å². The second kappa shape index (κ2) is 9.25. The molecule has 0 atom stereocenters. The zero-order chi connectivity index (χ0) is 21.1. The third-order valence-corrected chi connectivity index (χ3v) is 6.57. The number of hydrogen-bond donors (Lipinski definition) is 1. The molecule has 0 spiro atoms. The van der Waals surface area contributed by atoms with Gasteiger partial charge in [0.05, 0.1) is 5.52 Å². The van der Waals surface area contributed by atoms with Crippen molar-refractivity contribution >= 4 is 40.2 Å². The summed E-state index contributed by atoms with van der Waals surface area (Å²) in [4.78, 5) is 28.3. The number of hydrogen-bond acceptors (Lipinski definition) is 4. The molecule has 1 amide bonds. The first-order chi connectivity index (χ1) is 14.5. The molecule has 0 aliphatic carbocycles. The maximum absolute atomic E-state index is 13.1. The number of amides is 1. The summed E-state index contributed by atoms with van der Waals surface area (Å²) in [6.07, 6.45) is 1.61. The van der Waals surface area contributed by atoms with Gasteiger partial charge in [0.15, 0.2) is 0 Å². The number of halogens is 1. The summed E-state index contributed by atoms with van der Waals surface area (Å²) < 4.78 is 1.84. The second-order valence-corrected chi connectivity index (χ2v) is 9.19. The first-order valence-corrected chi connectivity index (χ1v) is 11.5. The largest absolute Gasteiger partial charge is 0.350 e. The molecule has 5 nitrogen and oxygen atoms in total. The molecule has 7 heteroatoms. The molecule has 1 aromatic heterocycles. The van der Waals surface area contributed by atoms with Gasteiger partial charge in [-0.25, -0.2) is 0 Å². The van der Waals surface area contributed by atoms with E-state index in [9.17, 15) is 9.59 Å². The van der Waals surface area contributed by atoms with Crippen molar-refractivity contribution < 1.29 is 4.79 Å². The smallest absolute Gasteiger partial charge is 0.257 e. The van der Waals surface area contributed by atoms with Crippen LogP contribution in [0.4, 0.5) is 0 Å². The van der Waals surface area contributed by atoms with Crippen molar-refractivity contribution in [1.82, 2.24) is 14.8 Å². The average molecular weight is 442 g/mol. The van der Waals surface area contributed by atoms with Crippen LogP contribution in [0.2, 0.25) is 5.02 Å². The molecule has 1 aliphatic rings. The summed E-state index contributed by atoms with van der Waals surface area (Å²) in [6.45, 7) is 3.29. The van der Waals surface area contributed by atoms with Crippen LogP contribution in [0.1, 0.15) is 21.5 Å². The molecule has 0 radical (unpaired) electrons. The maximum atomic E-state index is 13.1. The van der Waals surface area contributed by atoms with E-state index in [2.05, 4.69) is 16.3 Å². The quantitative estimate of drug-likeness (QED) is 0.656. The summed E-state index contributed by atoms with van der Waals surface area (Å²) in [6, 6.07) is 13.2. The molecule has 1 saturated heterocycles. The Hall–Kier alpha value is -2.28. The Balaban J connectivity index is 1.58. The number of thioether (sulfide) groups is 1. The number of carbonyl (C=O) groups is 1. The molecular weight excluding hydrogens is 418 g/mol. The van der Waals surface area contributed by atoms with Gasteiger partial charge in [-0.3, -0.25) is 14.5 Å². The highest BCUT2D eigenvalue weighted by atomic mass is 35.5. The van der Waals surface area contributed by atoms with Gasteiger partial charge in [0, 0.05) is 61.3 Å². The lowest BCUT2D eigenvalue weighted by Crippen LogP contribution is -2.32. The Kier molecular flexibility index (Phi) is 6.46. The lowest BCUT2D eigenvalue weighted by Gasteiger charge is -2.26. The molecule has 1 aliphatic heterocycles. The topological polar surface area (TPSA) is 54.3 Å². The Morgan fingerprint density at radius 3 is 2.53 bits per heavy atom. The van der Waals surface area contributed by atoms with Crippen molar-refractivity contribution in [3.8, 4) is 0 Å². The number of nitrogens with one attached hydrogen (secondary N) is 1. The summed E-state index contributed by atoms with van der Waals surface area (Å²) >= 11 is 7.88. The van der Waals surface area contributed by atoms with Crippen molar-refractivity contribution in [2.45, 2.75) is 13.1 Å². The van der Waals surface area contributed by atoms with Gasteiger partial charge in [0.25, 0.3) is 5.91 Å². The number of nitrogens with zero attached hydrogens (tertiary/aromatic N) is 2. The number of fused-ring (bicyclic) bond motifs is 1. The average Bonchev–Trinajstić information content (AvgIpc) is 2.76. The van der Waals surface area contributed by atoms with E-state index in [4.69, 9.17) is 11.6 Å². The molecule has 0 unspecified atom stereocenters. The van der Waals surface area contributed by atoms with E-state index in [1.807, 2.05) is 47.6 Å². The molecule has 2 aromatic carbocycles. The predicted molar refractivity (Wildman–Crippen MR) is 124 cm³/mol. The van der Waals surface area contributed by atoms with Gasteiger partial charge >= 0.3 is 0 Å². The fourth-order valence-corrected chi connectivity index (χ4v) is 4.80. The summed E-state index contributed by atoms with van der Waals surface area (Å²) in [7, 11) is 1.86. The predicted octanol–water partition coefficient (Wildman–Crippen LogP) is 3.67. The molecule has 3 aromatic rings. The van der Waals surface area contributed by atoms with Gasteiger partial charge in [-0.05, 0) is 35.4 Å². The Labute approximate surface area is 185 Å². The number of pyridine rings is 1. The minimum atomic E-state index is -0.370. The standard InChI is InChI=1S/C23H24ClN3O2S/c1-26-15-20(23(29)25-13-16-2-5-18(24)6-3-16)22(28)19-12-17(4-7-21(19)26)14-27-8-10-30-11-9-27/h2-7,12,15H,8-11,13-14H2,1H3,(H,25,29). The minimum absolute atomic E-state index is 0.158. The highest BCUT2D eigenvalue weighted by Gasteiger charge is 2.16. The highest BCUT2D eigenvalue weighted by molar-refractivity contribution is 7.99. The van der Waals surface area contributed by atoms with Gasteiger partial charge in [0.1, 0.15) is 5.56 Å². The maximum Gasteiger partial charge on any atom is 0.257 e. The Bertz CT molecular complexity index is 1120. The van der Waals surface area contributed by atoms with Crippen LogP contribution in [0.3, 0.4) is 0 Å². The van der Waals surface area contributed by atoms with E-state index >= 15 is 0 Å². The molecule has 30 heavy (non-hydrogen) atoms. The number of carbonyl (C=O) groups excluding carboxylic acids is 1. The van der Waals surface area contributed by atoms with Crippen LogP contribution in [0.15, 0.2) is 53.5 Å². The Morgan fingerprint density at radius 1 is 1.10 bits per heavy atom. The zero-order valence-corrected chi connectivity index (χ0v) is 18.4. The molecular formula is C23H24ClN3O2S. The number of rotatable bonds is 5. The summed E-state index contributed by atoms with van der Waals surface area (Å²) in [5, 5.41) is 4.07. The lowest BCUT2D eigenvalue weighted by atomic mass is 10.1. The SMILES string of the molecule is Cn1cc(C(=O)NCc2ccc(Cl)cc2)c(=O)c2cc(CN3CCSCC3)ccc21. The number of aromatic nitrogens is 1. The molecule has 2 heterocycles. The fraction of sp³-hybridized carbons (Fsp3) is 0.304. The lowest BCUT2D eigenvalue weighted by molar-refractivity contribution is 0.0949. The Morgan fingerprint density at radius 2 is 1.80 bits per heavy atom. The third-order valence-electron chi connectivity index (χ3n) is 5.37. The van der Waals surface area contributed by atoms with E-state index in [1.165, 1.54) is 0 Å². The second-order valence-electron chi connectivity index (χ2n) is 7.53. The molecule has 0 saturated carbocycles. The van der Waals surface area contributed by atoms with Crippen LogP contribution in [0.25, 0.3) is 10.9 Å². The van der Waals surface area contributed by atoms with Crippen molar-refractivity contribution in [3.63, 3.8) is 0 Å². The van der Waals surface area contributed by atoms with E-state index in [-0.39, 0.29) is 16.9 Å². The van der Waals surface area contributed by atoms with E-state index in [0.29, 0.717) is 17.0 Å². The van der Waals surface area contributed by atoms with E-state index in [1.54, 1.807) is 18.3 Å². The molecule has 4 rings (SSSR count). The van der Waals surface area contributed by atoms with E-state index < -0.39 is 0 Å². The van der Waals surface area contributed by atoms with Crippen molar-refractivity contribution in [1.29, 1.82) is 0 Å². The van der Waals surface area contributed by atoms with Gasteiger partial charge in [-0.2, -0.15) is 11.8 Å². The normalized spacial score (nSPS) is 14.7. The van der Waals surface area contributed by atoms with Crippen LogP contribution < -0.4 is 10.7 Å². The number of benzene rings is 2. The van der Waals surface area contributed by atoms with Crippen LogP contribution >= 0.6 is 23.4 Å². The molecule has 1 N–H and O–H groups in total. The van der Waals surface area contributed by atoms with Crippen LogP contribution in [-0.2, 0) is 20.1 Å². The molecule has 0 bridgehead atoms. The summed E-state index contributed by atoms with van der Waals surface area (Å²) in [5.41, 5.74) is 2.78. The van der Waals surface area contributed by atoms with Gasteiger partial charge < -0.3 is 9.88 Å². The molecule has 156 valence electrons. The van der Waals surface area contributed by atoms with Crippen molar-refractivity contribution in [2.24, 2.45) is 7.05 Å². The zero-order valence-electron chi connectivity index (χ0n) is 16.9. The van der Waals surface area contributed by atoms with Gasteiger partial charge in [-0.1, -0.05) is 29.8 Å². The fourth-order valence-electron chi connectivity index (χ4n) is 3.70. The summed E-state index contributed by atoms with van der Waals surface area (Å²) in [5.74, 6) is 1.92. The minimum Gasteiger partial charge on any atom is -0.350 e. The van der Waals surface area contributed by atoms with E-state index in [0.717, 1.165) is 47.8 Å². The number of aryl methyl sites for hydroxylation is 1. The van der Waals surface area contributed by atoms with Crippen molar-refractivity contribution in [3.05, 3.63) is 80.6 Å². The molecule has 1 fully saturated rings. The monoisotopic (exact) mass is 441 g/mol. The van der Waals surface area contributed by atoms with Crippen LogP contribution in [0.5, 0.6) is 0 Å². The highest BCUT2D eigenvalue weighted by Crippen LogP contribution is 2.17. The van der Waals surface area contributed by atoms with Crippen LogP contribution in [0, 0.1) is 0 Å².